The van der Waals surface area contributed by atoms with Gasteiger partial charge in [0.2, 0.25) is 0 Å². The number of ketones is 1. The average molecular weight is 307 g/mol. The lowest BCUT2D eigenvalue weighted by Crippen LogP contribution is -2.36. The molecule has 0 amide bonds. The molecule has 4 heteroatoms. The highest BCUT2D eigenvalue weighted by atomic mass is 16.4. The van der Waals surface area contributed by atoms with Gasteiger partial charge in [0.1, 0.15) is 0 Å². The fourth-order valence-corrected chi connectivity index (χ4v) is 2.90. The van der Waals surface area contributed by atoms with Crippen LogP contribution >= 0.6 is 0 Å². The number of rotatable bonds is 4. The van der Waals surface area contributed by atoms with Crippen molar-refractivity contribution in [1.29, 1.82) is 0 Å². The van der Waals surface area contributed by atoms with Crippen molar-refractivity contribution in [2.75, 3.05) is 18.0 Å². The van der Waals surface area contributed by atoms with Gasteiger partial charge in [-0.1, -0.05) is 30.0 Å². The van der Waals surface area contributed by atoms with E-state index in [4.69, 9.17) is 5.11 Å². The van der Waals surface area contributed by atoms with Crippen LogP contribution in [0.5, 0.6) is 0 Å². The molecule has 1 unspecified atom stereocenters. The van der Waals surface area contributed by atoms with Gasteiger partial charge in [-0.2, -0.15) is 0 Å². The normalized spacial score (nSPS) is 18.8. The third kappa shape index (κ3) is 3.35. The topological polar surface area (TPSA) is 57.6 Å². The molecule has 4 nitrogen and oxygen atoms in total. The third-order valence-electron chi connectivity index (χ3n) is 4.06. The number of benzene rings is 1. The number of carboxylic acid groups (broad SMARTS) is 1. The van der Waals surface area contributed by atoms with Gasteiger partial charge in [-0.15, -0.1) is 0 Å². The first-order valence-electron chi connectivity index (χ1n) is 7.65. The van der Waals surface area contributed by atoms with Gasteiger partial charge in [-0.05, 0) is 30.7 Å². The molecule has 0 saturated heterocycles. The van der Waals surface area contributed by atoms with Gasteiger partial charge in [-0.3, -0.25) is 9.59 Å². The lowest BCUT2D eigenvalue weighted by molar-refractivity contribution is -0.137. The van der Waals surface area contributed by atoms with E-state index in [1.807, 2.05) is 30.3 Å². The standard InChI is InChI=1S/C19H17NO3/c21-18-8-3-6-14-10-11-15-5-1-2-7-17(15)20(13-16(14)18)12-4-9-19(22)23/h1-3,5-8,16H,4,9,12-13H2,(H,22,23). The molecule has 0 spiro atoms. The highest BCUT2D eigenvalue weighted by Crippen LogP contribution is 2.27. The van der Waals surface area contributed by atoms with Crippen LogP contribution in [0.25, 0.3) is 0 Å². The number of carboxylic acids is 1. The van der Waals surface area contributed by atoms with Crippen LogP contribution < -0.4 is 4.90 Å². The maximum atomic E-state index is 12.2. The van der Waals surface area contributed by atoms with E-state index in [9.17, 15) is 9.59 Å². The Morgan fingerprint density at radius 3 is 2.96 bits per heavy atom. The Morgan fingerprint density at radius 2 is 2.13 bits per heavy atom. The van der Waals surface area contributed by atoms with Crippen molar-refractivity contribution >= 4 is 17.4 Å². The number of fused-ring (bicyclic) bond motifs is 2. The lowest BCUT2D eigenvalue weighted by atomic mass is 9.88. The van der Waals surface area contributed by atoms with Gasteiger partial charge in [0.05, 0.1) is 11.6 Å². The second-order valence-electron chi connectivity index (χ2n) is 5.65. The summed E-state index contributed by atoms with van der Waals surface area (Å²) in [5, 5.41) is 8.86. The molecular weight excluding hydrogens is 290 g/mol. The summed E-state index contributed by atoms with van der Waals surface area (Å²) in [4.78, 5) is 25.1. The second kappa shape index (κ2) is 6.53. The van der Waals surface area contributed by atoms with Crippen molar-refractivity contribution in [1.82, 2.24) is 0 Å². The SMILES string of the molecule is O=C(O)CCCN1CC2C(=O)C=CC=C2C#Cc2ccccc21. The number of para-hydroxylation sites is 1. The number of allylic oxidation sites excluding steroid dienone is 3. The van der Waals surface area contributed by atoms with Crippen LogP contribution in [0.3, 0.4) is 0 Å². The number of hydrogen-bond acceptors (Lipinski definition) is 3. The highest BCUT2D eigenvalue weighted by Gasteiger charge is 2.27. The van der Waals surface area contributed by atoms with Crippen LogP contribution in [-0.4, -0.2) is 29.9 Å². The van der Waals surface area contributed by atoms with E-state index in [2.05, 4.69) is 16.7 Å². The molecule has 0 saturated carbocycles. The summed E-state index contributed by atoms with van der Waals surface area (Å²) in [7, 11) is 0. The van der Waals surface area contributed by atoms with E-state index >= 15 is 0 Å². The van der Waals surface area contributed by atoms with Crippen molar-refractivity contribution in [2.45, 2.75) is 12.8 Å². The molecule has 0 aromatic heterocycles. The Hall–Kier alpha value is -2.80. The van der Waals surface area contributed by atoms with Gasteiger partial charge in [0.15, 0.2) is 5.78 Å². The van der Waals surface area contributed by atoms with Crippen molar-refractivity contribution in [3.05, 3.63) is 53.6 Å². The van der Waals surface area contributed by atoms with Gasteiger partial charge in [0.25, 0.3) is 0 Å². The summed E-state index contributed by atoms with van der Waals surface area (Å²) in [5.41, 5.74) is 2.70. The number of anilines is 1. The summed E-state index contributed by atoms with van der Waals surface area (Å²) in [6, 6.07) is 7.80. The van der Waals surface area contributed by atoms with Crippen LogP contribution in [0.1, 0.15) is 18.4 Å². The Bertz CT molecular complexity index is 764. The van der Waals surface area contributed by atoms with Crippen molar-refractivity contribution < 1.29 is 14.7 Å². The summed E-state index contributed by atoms with van der Waals surface area (Å²) < 4.78 is 0. The molecule has 2 aliphatic rings. The van der Waals surface area contributed by atoms with E-state index in [1.54, 1.807) is 12.2 Å². The van der Waals surface area contributed by atoms with Gasteiger partial charge < -0.3 is 10.0 Å². The van der Waals surface area contributed by atoms with Crippen LogP contribution in [0.2, 0.25) is 0 Å². The fraction of sp³-hybridized carbons (Fsp3) is 0.263. The molecule has 1 heterocycles. The van der Waals surface area contributed by atoms with E-state index in [0.717, 1.165) is 16.8 Å². The predicted molar refractivity (Wildman–Crippen MR) is 88.1 cm³/mol. The van der Waals surface area contributed by atoms with E-state index in [-0.39, 0.29) is 18.1 Å². The number of nitrogens with zero attached hydrogens (tertiary/aromatic N) is 1. The molecular formula is C19H17NO3. The molecule has 0 bridgehead atoms. The zero-order chi connectivity index (χ0) is 16.2. The fourth-order valence-electron chi connectivity index (χ4n) is 2.90. The smallest absolute Gasteiger partial charge is 0.303 e. The van der Waals surface area contributed by atoms with Crippen LogP contribution in [-0.2, 0) is 9.59 Å². The Labute approximate surface area is 135 Å². The maximum absolute atomic E-state index is 12.2. The quantitative estimate of drug-likeness (QED) is 0.868. The molecule has 1 N–H and O–H groups in total. The molecule has 1 aromatic carbocycles. The summed E-state index contributed by atoms with van der Waals surface area (Å²) in [6.07, 6.45) is 5.87. The minimum absolute atomic E-state index is 0.0550. The number of carbonyl (C=O) groups is 2. The zero-order valence-corrected chi connectivity index (χ0v) is 12.7. The largest absolute Gasteiger partial charge is 0.481 e. The average Bonchev–Trinajstić information content (AvgIpc) is 2.52. The molecule has 3 rings (SSSR count). The third-order valence-corrected chi connectivity index (χ3v) is 4.06. The number of hydrogen-bond donors (Lipinski definition) is 1. The summed E-state index contributed by atoms with van der Waals surface area (Å²) >= 11 is 0. The monoisotopic (exact) mass is 307 g/mol. The Morgan fingerprint density at radius 1 is 1.30 bits per heavy atom. The summed E-state index contributed by atoms with van der Waals surface area (Å²) in [6.45, 7) is 1.12. The Balaban J connectivity index is 1.94. The first-order valence-corrected chi connectivity index (χ1v) is 7.65. The first kappa shape index (κ1) is 15.1. The van der Waals surface area contributed by atoms with E-state index in [0.29, 0.717) is 19.5 Å². The molecule has 1 aliphatic heterocycles. The second-order valence-corrected chi connectivity index (χ2v) is 5.65. The highest BCUT2D eigenvalue weighted by molar-refractivity contribution is 5.97. The number of aliphatic carboxylic acids is 1. The maximum Gasteiger partial charge on any atom is 0.303 e. The minimum atomic E-state index is -0.803. The summed E-state index contributed by atoms with van der Waals surface area (Å²) in [5.74, 6) is 5.25. The van der Waals surface area contributed by atoms with E-state index < -0.39 is 5.97 Å². The number of carbonyl (C=O) groups excluding carboxylic acids is 1. The van der Waals surface area contributed by atoms with Gasteiger partial charge in [-0.25, -0.2) is 0 Å². The van der Waals surface area contributed by atoms with E-state index in [1.165, 1.54) is 0 Å². The lowest BCUT2D eigenvalue weighted by Gasteiger charge is -2.31. The Kier molecular flexibility index (Phi) is 4.29. The molecule has 1 aromatic rings. The molecule has 0 radical (unpaired) electrons. The molecule has 0 fully saturated rings. The van der Waals surface area contributed by atoms with Crippen LogP contribution in [0.15, 0.2) is 48.1 Å². The van der Waals surface area contributed by atoms with Crippen molar-refractivity contribution in [2.24, 2.45) is 5.92 Å². The predicted octanol–water partition coefficient (Wildman–Crippen LogP) is 2.40. The van der Waals surface area contributed by atoms with Gasteiger partial charge >= 0.3 is 5.97 Å². The molecule has 23 heavy (non-hydrogen) atoms. The van der Waals surface area contributed by atoms with Crippen LogP contribution in [0.4, 0.5) is 5.69 Å². The molecule has 1 atom stereocenters. The van der Waals surface area contributed by atoms with Crippen molar-refractivity contribution in [3.63, 3.8) is 0 Å². The first-order chi connectivity index (χ1) is 11.1. The molecule has 1 aliphatic carbocycles. The van der Waals surface area contributed by atoms with Crippen molar-refractivity contribution in [3.8, 4) is 11.8 Å². The molecule has 116 valence electrons. The minimum Gasteiger partial charge on any atom is -0.481 e. The van der Waals surface area contributed by atoms with Gasteiger partial charge in [0, 0.05) is 30.6 Å². The van der Waals surface area contributed by atoms with Crippen LogP contribution in [0, 0.1) is 17.8 Å². The zero-order valence-electron chi connectivity index (χ0n) is 12.7.